The summed E-state index contributed by atoms with van der Waals surface area (Å²) in [6.07, 6.45) is 3.33. The van der Waals surface area contributed by atoms with Gasteiger partial charge in [0.1, 0.15) is 5.82 Å². The summed E-state index contributed by atoms with van der Waals surface area (Å²) in [6, 6.07) is 4.59. The van der Waals surface area contributed by atoms with Crippen molar-refractivity contribution in [1.29, 1.82) is 0 Å². The molecule has 0 fully saturated rings. The van der Waals surface area contributed by atoms with Gasteiger partial charge in [0.25, 0.3) is 0 Å². The summed E-state index contributed by atoms with van der Waals surface area (Å²) in [6.45, 7) is 2.05. The Morgan fingerprint density at radius 2 is 2.24 bits per heavy atom. The molecule has 0 saturated heterocycles. The summed E-state index contributed by atoms with van der Waals surface area (Å²) in [4.78, 5) is 0. The van der Waals surface area contributed by atoms with Crippen LogP contribution in [-0.2, 0) is 6.42 Å². The molecule has 0 aliphatic heterocycles. The lowest BCUT2D eigenvalue weighted by Gasteiger charge is -2.08. The van der Waals surface area contributed by atoms with Crippen molar-refractivity contribution in [2.24, 2.45) is 0 Å². The zero-order valence-corrected chi connectivity index (χ0v) is 10.2. The van der Waals surface area contributed by atoms with Gasteiger partial charge in [0.2, 0.25) is 0 Å². The van der Waals surface area contributed by atoms with E-state index in [4.69, 9.17) is 17.3 Å². The minimum atomic E-state index is -0.458. The van der Waals surface area contributed by atoms with Gasteiger partial charge in [0, 0.05) is 6.07 Å². The molecular weight excluding hydrogens is 241 g/mol. The number of nitrogens with two attached hydrogens (primary N) is 1. The molecule has 0 atom stereocenters. The minimum Gasteiger partial charge on any atom is -0.396 e. The highest BCUT2D eigenvalue weighted by molar-refractivity contribution is 6.30. The second-order valence-electron chi connectivity index (χ2n) is 3.81. The second kappa shape index (κ2) is 4.75. The van der Waals surface area contributed by atoms with E-state index in [1.165, 1.54) is 12.1 Å². The van der Waals surface area contributed by atoms with Gasteiger partial charge in [-0.2, -0.15) is 5.10 Å². The molecule has 0 radical (unpaired) electrons. The van der Waals surface area contributed by atoms with Crippen molar-refractivity contribution >= 4 is 17.3 Å². The van der Waals surface area contributed by atoms with E-state index >= 15 is 0 Å². The lowest BCUT2D eigenvalue weighted by molar-refractivity contribution is 0.625. The Hall–Kier alpha value is -1.55. The summed E-state index contributed by atoms with van der Waals surface area (Å²) in [5, 5.41) is 4.26. The molecule has 0 unspecified atom stereocenters. The summed E-state index contributed by atoms with van der Waals surface area (Å²) < 4.78 is 15.0. The van der Waals surface area contributed by atoms with Crippen LogP contribution in [0.3, 0.4) is 0 Å². The quantitative estimate of drug-likeness (QED) is 0.913. The molecule has 17 heavy (non-hydrogen) atoms. The molecule has 1 aromatic heterocycles. The van der Waals surface area contributed by atoms with Crippen LogP contribution in [0.4, 0.5) is 10.1 Å². The SMILES string of the molecule is CCCc1c(N)cnn1-c1ccc(Cl)c(F)c1. The van der Waals surface area contributed by atoms with Crippen molar-refractivity contribution in [2.45, 2.75) is 19.8 Å². The summed E-state index contributed by atoms with van der Waals surface area (Å²) >= 11 is 5.64. The molecule has 2 rings (SSSR count). The van der Waals surface area contributed by atoms with E-state index in [9.17, 15) is 4.39 Å². The first-order valence-electron chi connectivity index (χ1n) is 5.41. The molecule has 0 bridgehead atoms. The molecule has 90 valence electrons. The molecule has 5 heteroatoms. The van der Waals surface area contributed by atoms with Crippen LogP contribution in [0.1, 0.15) is 19.0 Å². The van der Waals surface area contributed by atoms with Gasteiger partial charge in [-0.1, -0.05) is 24.9 Å². The Labute approximate surface area is 104 Å². The fraction of sp³-hybridized carbons (Fsp3) is 0.250. The molecule has 1 heterocycles. The predicted molar refractivity (Wildman–Crippen MR) is 66.9 cm³/mol. The Balaban J connectivity index is 2.48. The highest BCUT2D eigenvalue weighted by Crippen LogP contribution is 2.22. The molecule has 3 nitrogen and oxygen atoms in total. The van der Waals surface area contributed by atoms with Crippen molar-refractivity contribution in [3.63, 3.8) is 0 Å². The highest BCUT2D eigenvalue weighted by atomic mass is 35.5. The van der Waals surface area contributed by atoms with E-state index in [1.807, 2.05) is 0 Å². The molecule has 1 aromatic carbocycles. The van der Waals surface area contributed by atoms with Crippen molar-refractivity contribution in [3.05, 3.63) is 40.9 Å². The third-order valence-electron chi connectivity index (χ3n) is 2.54. The first-order chi connectivity index (χ1) is 8.13. The number of hydrogen-bond donors (Lipinski definition) is 1. The normalized spacial score (nSPS) is 10.8. The van der Waals surface area contributed by atoms with Crippen LogP contribution in [0.5, 0.6) is 0 Å². The lowest BCUT2D eigenvalue weighted by atomic mass is 10.2. The lowest BCUT2D eigenvalue weighted by Crippen LogP contribution is -2.04. The van der Waals surface area contributed by atoms with Crippen LogP contribution in [-0.4, -0.2) is 9.78 Å². The van der Waals surface area contributed by atoms with Crippen LogP contribution in [0.25, 0.3) is 5.69 Å². The largest absolute Gasteiger partial charge is 0.396 e. The monoisotopic (exact) mass is 253 g/mol. The molecule has 2 aromatic rings. The first-order valence-corrected chi connectivity index (χ1v) is 5.79. The smallest absolute Gasteiger partial charge is 0.143 e. The van der Waals surface area contributed by atoms with E-state index in [1.54, 1.807) is 16.9 Å². The van der Waals surface area contributed by atoms with Gasteiger partial charge < -0.3 is 5.73 Å². The molecule has 0 amide bonds. The van der Waals surface area contributed by atoms with E-state index in [0.29, 0.717) is 11.4 Å². The fourth-order valence-corrected chi connectivity index (χ4v) is 1.83. The maximum absolute atomic E-state index is 13.4. The standard InChI is InChI=1S/C12H13ClFN3/c1-2-3-12-11(15)7-16-17(12)8-4-5-9(13)10(14)6-8/h4-7H,2-3,15H2,1H3. The van der Waals surface area contributed by atoms with Gasteiger partial charge in [0.05, 0.1) is 28.3 Å². The van der Waals surface area contributed by atoms with Crippen molar-refractivity contribution in [2.75, 3.05) is 5.73 Å². The molecule has 0 saturated carbocycles. The van der Waals surface area contributed by atoms with E-state index in [0.717, 1.165) is 18.5 Å². The highest BCUT2D eigenvalue weighted by Gasteiger charge is 2.10. The van der Waals surface area contributed by atoms with Crippen molar-refractivity contribution in [1.82, 2.24) is 9.78 Å². The zero-order valence-electron chi connectivity index (χ0n) is 9.45. The van der Waals surface area contributed by atoms with E-state index in [2.05, 4.69) is 12.0 Å². The molecule has 0 aliphatic rings. The summed E-state index contributed by atoms with van der Waals surface area (Å²) in [7, 11) is 0. The number of benzene rings is 1. The van der Waals surface area contributed by atoms with Crippen LogP contribution >= 0.6 is 11.6 Å². The topological polar surface area (TPSA) is 43.8 Å². The Morgan fingerprint density at radius 1 is 1.47 bits per heavy atom. The molecule has 0 spiro atoms. The summed E-state index contributed by atoms with van der Waals surface area (Å²) in [5.74, 6) is -0.458. The zero-order chi connectivity index (χ0) is 12.4. The molecular formula is C12H13ClFN3. The number of nitrogen functional groups attached to an aromatic ring is 1. The predicted octanol–water partition coefficient (Wildman–Crippen LogP) is 3.20. The number of anilines is 1. The maximum atomic E-state index is 13.4. The first kappa shape index (κ1) is 11.9. The number of aromatic nitrogens is 2. The van der Waals surface area contributed by atoms with E-state index < -0.39 is 5.82 Å². The summed E-state index contributed by atoms with van der Waals surface area (Å²) in [5.41, 5.74) is 7.99. The average Bonchev–Trinajstić information content (AvgIpc) is 2.66. The van der Waals surface area contributed by atoms with Gasteiger partial charge in [-0.05, 0) is 18.6 Å². The number of rotatable bonds is 3. The van der Waals surface area contributed by atoms with Gasteiger partial charge >= 0.3 is 0 Å². The average molecular weight is 254 g/mol. The van der Waals surface area contributed by atoms with Gasteiger partial charge in [0.15, 0.2) is 0 Å². The van der Waals surface area contributed by atoms with Crippen LogP contribution in [0.15, 0.2) is 24.4 Å². The van der Waals surface area contributed by atoms with E-state index in [-0.39, 0.29) is 5.02 Å². The van der Waals surface area contributed by atoms with Crippen LogP contribution in [0, 0.1) is 5.82 Å². The number of hydrogen-bond acceptors (Lipinski definition) is 2. The van der Waals surface area contributed by atoms with Crippen LogP contribution < -0.4 is 5.73 Å². The molecule has 2 N–H and O–H groups in total. The van der Waals surface area contributed by atoms with Gasteiger partial charge in [-0.15, -0.1) is 0 Å². The molecule has 0 aliphatic carbocycles. The fourth-order valence-electron chi connectivity index (χ4n) is 1.71. The number of halogens is 2. The van der Waals surface area contributed by atoms with Crippen molar-refractivity contribution < 1.29 is 4.39 Å². The minimum absolute atomic E-state index is 0.103. The number of nitrogens with zero attached hydrogens (tertiary/aromatic N) is 2. The third-order valence-corrected chi connectivity index (χ3v) is 2.84. The Morgan fingerprint density at radius 3 is 2.88 bits per heavy atom. The van der Waals surface area contributed by atoms with Gasteiger partial charge in [-0.25, -0.2) is 9.07 Å². The van der Waals surface area contributed by atoms with Gasteiger partial charge in [-0.3, -0.25) is 0 Å². The third kappa shape index (κ3) is 2.26. The Kier molecular flexibility index (Phi) is 3.33. The van der Waals surface area contributed by atoms with Crippen LogP contribution in [0.2, 0.25) is 5.02 Å². The Bertz CT molecular complexity index is 537. The maximum Gasteiger partial charge on any atom is 0.143 e. The second-order valence-corrected chi connectivity index (χ2v) is 4.21. The van der Waals surface area contributed by atoms with Crippen molar-refractivity contribution in [3.8, 4) is 5.69 Å².